The molecule has 29 heavy (non-hydrogen) atoms. The lowest BCUT2D eigenvalue weighted by Gasteiger charge is -2.27. The summed E-state index contributed by atoms with van der Waals surface area (Å²) in [7, 11) is -1.83. The molecule has 1 aliphatic rings. The minimum Gasteiger partial charge on any atom is -0.337 e. The second-order valence-electron chi connectivity index (χ2n) is 8.04. The highest BCUT2D eigenvalue weighted by Crippen LogP contribution is 2.25. The molecule has 1 fully saturated rings. The Labute approximate surface area is 174 Å². The maximum absolute atomic E-state index is 13.1. The predicted molar refractivity (Wildman–Crippen MR) is 116 cm³/mol. The second kappa shape index (κ2) is 8.67. The summed E-state index contributed by atoms with van der Waals surface area (Å²) in [5, 5.41) is 0. The molecule has 0 unspecified atom stereocenters. The lowest BCUT2D eigenvalue weighted by atomic mass is 10.0. The van der Waals surface area contributed by atoms with Gasteiger partial charge in [-0.25, -0.2) is 8.42 Å². The quantitative estimate of drug-likeness (QED) is 0.741. The normalized spacial score (nSPS) is 15.3. The molecule has 0 aliphatic carbocycles. The molecule has 5 nitrogen and oxygen atoms in total. The predicted octanol–water partition coefficient (Wildman–Crippen LogP) is 4.06. The summed E-state index contributed by atoms with van der Waals surface area (Å²) in [5.41, 5.74) is 4.48. The van der Waals surface area contributed by atoms with Gasteiger partial charge in [-0.3, -0.25) is 4.79 Å². The number of benzene rings is 2. The number of aryl methyl sites for hydroxylation is 3. The number of rotatable bonds is 5. The van der Waals surface area contributed by atoms with Crippen LogP contribution in [-0.2, 0) is 16.6 Å². The molecule has 1 saturated heterocycles. The first-order chi connectivity index (χ1) is 13.7. The van der Waals surface area contributed by atoms with Crippen LogP contribution in [0.1, 0.15) is 51.9 Å². The number of hydrogen-bond acceptors (Lipinski definition) is 3. The van der Waals surface area contributed by atoms with Crippen molar-refractivity contribution in [3.63, 3.8) is 0 Å². The van der Waals surface area contributed by atoms with Crippen molar-refractivity contribution in [2.45, 2.75) is 51.5 Å². The van der Waals surface area contributed by atoms with Crippen LogP contribution in [0.15, 0.2) is 41.3 Å². The second-order valence-corrected chi connectivity index (χ2v) is 9.94. The van der Waals surface area contributed by atoms with Crippen LogP contribution >= 0.6 is 0 Å². The molecular formula is C23H30N2O3S. The summed E-state index contributed by atoms with van der Waals surface area (Å²) in [6, 6.07) is 11.2. The van der Waals surface area contributed by atoms with E-state index in [0.717, 1.165) is 30.4 Å². The van der Waals surface area contributed by atoms with Crippen molar-refractivity contribution in [3.8, 4) is 0 Å². The molecule has 0 N–H and O–H groups in total. The number of amides is 1. The first kappa shape index (κ1) is 21.5. The van der Waals surface area contributed by atoms with Crippen molar-refractivity contribution in [3.05, 3.63) is 64.2 Å². The Morgan fingerprint density at radius 2 is 1.66 bits per heavy atom. The molecule has 0 spiro atoms. The Bertz CT molecular complexity index is 1010. The Morgan fingerprint density at radius 3 is 2.31 bits per heavy atom. The van der Waals surface area contributed by atoms with Crippen LogP contribution in [0.5, 0.6) is 0 Å². The zero-order valence-electron chi connectivity index (χ0n) is 17.7. The highest BCUT2D eigenvalue weighted by molar-refractivity contribution is 7.89. The number of carbonyl (C=O) groups is 1. The van der Waals surface area contributed by atoms with Crippen LogP contribution in [0.4, 0.5) is 0 Å². The number of carbonyl (C=O) groups excluding carboxylic acids is 1. The minimum absolute atomic E-state index is 0.180. The molecule has 1 amide bonds. The van der Waals surface area contributed by atoms with E-state index in [9.17, 15) is 13.2 Å². The van der Waals surface area contributed by atoms with Gasteiger partial charge in [-0.05, 0) is 62.4 Å². The summed E-state index contributed by atoms with van der Waals surface area (Å²) in [5.74, 6) is -0.180. The molecule has 0 radical (unpaired) electrons. The summed E-state index contributed by atoms with van der Waals surface area (Å²) in [6.07, 6.45) is 2.83. The Kier molecular flexibility index (Phi) is 6.44. The van der Waals surface area contributed by atoms with Crippen LogP contribution in [0.2, 0.25) is 0 Å². The van der Waals surface area contributed by atoms with E-state index in [1.165, 1.54) is 5.56 Å². The van der Waals surface area contributed by atoms with E-state index in [1.54, 1.807) is 41.4 Å². The van der Waals surface area contributed by atoms with E-state index in [2.05, 4.69) is 6.07 Å². The van der Waals surface area contributed by atoms with Gasteiger partial charge in [0.05, 0.1) is 4.90 Å². The molecule has 2 aromatic carbocycles. The SMILES string of the molecule is Cc1ccc(CN(C)C(=O)c2ccc(C)c(S(=O)(=O)N3CCCCC3)c2)c(C)c1. The van der Waals surface area contributed by atoms with Gasteiger partial charge in [0.15, 0.2) is 0 Å². The smallest absolute Gasteiger partial charge is 0.253 e. The van der Waals surface area contributed by atoms with Gasteiger partial charge in [0.1, 0.15) is 0 Å². The van der Waals surface area contributed by atoms with E-state index < -0.39 is 10.0 Å². The van der Waals surface area contributed by atoms with Crippen LogP contribution < -0.4 is 0 Å². The van der Waals surface area contributed by atoms with Crippen molar-refractivity contribution in [2.24, 2.45) is 0 Å². The van der Waals surface area contributed by atoms with Crippen LogP contribution in [0.3, 0.4) is 0 Å². The average molecular weight is 415 g/mol. The van der Waals surface area contributed by atoms with E-state index in [-0.39, 0.29) is 10.8 Å². The van der Waals surface area contributed by atoms with Crippen molar-refractivity contribution in [2.75, 3.05) is 20.1 Å². The first-order valence-corrected chi connectivity index (χ1v) is 11.6. The molecule has 6 heteroatoms. The number of nitrogens with zero attached hydrogens (tertiary/aromatic N) is 2. The zero-order chi connectivity index (χ0) is 21.2. The highest BCUT2D eigenvalue weighted by atomic mass is 32.2. The average Bonchev–Trinajstić information content (AvgIpc) is 2.70. The van der Waals surface area contributed by atoms with Gasteiger partial charge in [-0.15, -0.1) is 0 Å². The molecule has 0 atom stereocenters. The zero-order valence-corrected chi connectivity index (χ0v) is 18.6. The van der Waals surface area contributed by atoms with Crippen LogP contribution in [0.25, 0.3) is 0 Å². The highest BCUT2D eigenvalue weighted by Gasteiger charge is 2.28. The molecule has 0 saturated carbocycles. The van der Waals surface area contributed by atoms with Gasteiger partial charge >= 0.3 is 0 Å². The number of hydrogen-bond donors (Lipinski definition) is 0. The summed E-state index contributed by atoms with van der Waals surface area (Å²) in [6.45, 7) is 7.44. The Morgan fingerprint density at radius 1 is 0.966 bits per heavy atom. The third-order valence-corrected chi connectivity index (χ3v) is 7.66. The topological polar surface area (TPSA) is 57.7 Å². The van der Waals surface area contributed by atoms with Crippen molar-refractivity contribution in [1.29, 1.82) is 0 Å². The Balaban J connectivity index is 1.85. The molecule has 1 heterocycles. The van der Waals surface area contributed by atoms with E-state index in [4.69, 9.17) is 0 Å². The van der Waals surface area contributed by atoms with Gasteiger partial charge in [-0.1, -0.05) is 36.2 Å². The molecule has 3 rings (SSSR count). The maximum Gasteiger partial charge on any atom is 0.253 e. The summed E-state index contributed by atoms with van der Waals surface area (Å²) in [4.78, 5) is 14.9. The first-order valence-electron chi connectivity index (χ1n) is 10.1. The molecule has 1 aliphatic heterocycles. The van der Waals surface area contributed by atoms with Gasteiger partial charge < -0.3 is 4.90 Å². The third kappa shape index (κ3) is 4.70. The van der Waals surface area contributed by atoms with Gasteiger partial charge in [-0.2, -0.15) is 4.31 Å². The van der Waals surface area contributed by atoms with Gasteiger partial charge in [0.25, 0.3) is 5.91 Å². The fourth-order valence-corrected chi connectivity index (χ4v) is 5.59. The molecule has 156 valence electrons. The van der Waals surface area contributed by atoms with E-state index >= 15 is 0 Å². The van der Waals surface area contributed by atoms with Crippen LogP contribution in [0, 0.1) is 20.8 Å². The number of piperidine rings is 1. The van der Waals surface area contributed by atoms with Crippen molar-refractivity contribution >= 4 is 15.9 Å². The monoisotopic (exact) mass is 414 g/mol. The van der Waals surface area contributed by atoms with Gasteiger partial charge in [0, 0.05) is 32.2 Å². The van der Waals surface area contributed by atoms with Crippen molar-refractivity contribution in [1.82, 2.24) is 9.21 Å². The molecule has 0 bridgehead atoms. The largest absolute Gasteiger partial charge is 0.337 e. The summed E-state index contributed by atoms with van der Waals surface area (Å²) >= 11 is 0. The van der Waals surface area contributed by atoms with E-state index in [0.29, 0.717) is 30.8 Å². The molecular weight excluding hydrogens is 384 g/mol. The van der Waals surface area contributed by atoms with Crippen molar-refractivity contribution < 1.29 is 13.2 Å². The fraction of sp³-hybridized carbons (Fsp3) is 0.435. The minimum atomic E-state index is -3.58. The van der Waals surface area contributed by atoms with Crippen LogP contribution in [-0.4, -0.2) is 43.7 Å². The maximum atomic E-state index is 13.1. The lowest BCUT2D eigenvalue weighted by Crippen LogP contribution is -2.36. The molecule has 0 aromatic heterocycles. The third-order valence-electron chi connectivity index (χ3n) is 5.62. The Hall–Kier alpha value is -2.18. The standard InChI is InChI=1S/C23H30N2O3S/c1-17-8-10-21(19(3)14-17)16-24(4)23(26)20-11-9-18(2)22(15-20)29(27,28)25-12-6-5-7-13-25/h8-11,14-15H,5-7,12-13,16H2,1-4H3. The summed E-state index contributed by atoms with van der Waals surface area (Å²) < 4.78 is 27.8. The van der Waals surface area contributed by atoms with E-state index in [1.807, 2.05) is 26.0 Å². The van der Waals surface area contributed by atoms with Gasteiger partial charge in [0.2, 0.25) is 10.0 Å². The fourth-order valence-electron chi connectivity index (χ4n) is 3.83. The molecule has 2 aromatic rings. The number of sulfonamides is 1. The lowest BCUT2D eigenvalue weighted by molar-refractivity contribution is 0.0784.